The zero-order valence-corrected chi connectivity index (χ0v) is 12.8. The number of nitrogens with zero attached hydrogens (tertiary/aromatic N) is 3. The summed E-state index contributed by atoms with van der Waals surface area (Å²) in [7, 11) is 1.64. The Balaban J connectivity index is 2.42. The molecule has 1 aromatic carbocycles. The smallest absolute Gasteiger partial charge is 0.353 e. The number of aryl methyl sites for hydroxylation is 2. The van der Waals surface area contributed by atoms with Crippen LogP contribution in [-0.4, -0.2) is 14.7 Å². The van der Waals surface area contributed by atoms with Crippen molar-refractivity contribution in [1.29, 1.82) is 0 Å². The van der Waals surface area contributed by atoms with E-state index in [4.69, 9.17) is 4.74 Å². The number of nitro groups is 1. The molecule has 0 fully saturated rings. The van der Waals surface area contributed by atoms with Crippen LogP contribution < -0.4 is 4.74 Å². The maximum atomic E-state index is 11.3. The fourth-order valence-electron chi connectivity index (χ4n) is 1.90. The Hall–Kier alpha value is -1.89. The average Bonchev–Trinajstić information content (AvgIpc) is 2.66. The van der Waals surface area contributed by atoms with Crippen LogP contribution in [0.25, 0.3) is 0 Å². The van der Waals surface area contributed by atoms with E-state index in [1.165, 1.54) is 4.68 Å². The van der Waals surface area contributed by atoms with Gasteiger partial charge in [0.1, 0.15) is 11.4 Å². The molecule has 106 valence electrons. The zero-order valence-electron chi connectivity index (χ0n) is 11.2. The third-order valence-electron chi connectivity index (χ3n) is 2.72. The lowest BCUT2D eigenvalue weighted by Gasteiger charge is -2.05. The van der Waals surface area contributed by atoms with Gasteiger partial charge in [-0.3, -0.25) is 10.1 Å². The first kappa shape index (κ1) is 14.5. The van der Waals surface area contributed by atoms with Gasteiger partial charge in [-0.1, -0.05) is 35.3 Å². The van der Waals surface area contributed by atoms with Crippen molar-refractivity contribution in [3.05, 3.63) is 44.5 Å². The quantitative estimate of drug-likeness (QED) is 0.613. The van der Waals surface area contributed by atoms with Gasteiger partial charge in [-0.05, 0) is 24.6 Å². The number of benzene rings is 1. The van der Waals surface area contributed by atoms with Crippen LogP contribution >= 0.6 is 15.9 Å². The van der Waals surface area contributed by atoms with Crippen molar-refractivity contribution >= 4 is 21.6 Å². The van der Waals surface area contributed by atoms with E-state index in [9.17, 15) is 10.1 Å². The molecule has 1 aromatic heterocycles. The molecule has 2 rings (SSSR count). The third-order valence-corrected chi connectivity index (χ3v) is 3.21. The molecule has 0 radical (unpaired) electrons. The van der Waals surface area contributed by atoms with Crippen molar-refractivity contribution in [2.45, 2.75) is 19.8 Å². The molecule has 1 heterocycles. The molecular weight excluding hydrogens is 326 g/mol. The van der Waals surface area contributed by atoms with Crippen molar-refractivity contribution in [3.63, 3.8) is 0 Å². The number of hydrogen-bond acceptors (Lipinski definition) is 4. The molecule has 0 N–H and O–H groups in total. The van der Waals surface area contributed by atoms with E-state index in [1.807, 2.05) is 13.0 Å². The van der Waals surface area contributed by atoms with Gasteiger partial charge in [-0.2, -0.15) is 5.10 Å². The number of ether oxygens (including phenoxy) is 1. The summed E-state index contributed by atoms with van der Waals surface area (Å²) >= 11 is 3.34. The lowest BCUT2D eigenvalue weighted by Crippen LogP contribution is -1.97. The molecule has 2 aromatic rings. The summed E-state index contributed by atoms with van der Waals surface area (Å²) in [5, 5.41) is 15.4. The minimum absolute atomic E-state index is 0.0608. The first-order chi connectivity index (χ1) is 9.52. The molecule has 0 saturated heterocycles. The second kappa shape index (κ2) is 6.04. The highest BCUT2D eigenvalue weighted by Crippen LogP contribution is 2.35. The maximum absolute atomic E-state index is 11.3. The van der Waals surface area contributed by atoms with E-state index >= 15 is 0 Å². The van der Waals surface area contributed by atoms with Gasteiger partial charge in [-0.25, -0.2) is 4.68 Å². The van der Waals surface area contributed by atoms with Gasteiger partial charge < -0.3 is 4.74 Å². The minimum Gasteiger partial charge on any atom is -0.434 e. The minimum atomic E-state index is -0.439. The van der Waals surface area contributed by atoms with Gasteiger partial charge >= 0.3 is 5.69 Å². The molecule has 0 aliphatic heterocycles. The Morgan fingerprint density at radius 1 is 1.50 bits per heavy atom. The summed E-state index contributed by atoms with van der Waals surface area (Å²) in [5.74, 6) is 0.671. The second-order valence-corrected chi connectivity index (χ2v) is 5.21. The molecule has 0 aliphatic carbocycles. The lowest BCUT2D eigenvalue weighted by molar-refractivity contribution is -0.386. The van der Waals surface area contributed by atoms with E-state index in [0.29, 0.717) is 17.9 Å². The number of halogens is 1. The molecule has 0 amide bonds. The summed E-state index contributed by atoms with van der Waals surface area (Å²) < 4.78 is 7.89. The van der Waals surface area contributed by atoms with Gasteiger partial charge in [0.05, 0.1) is 4.92 Å². The average molecular weight is 340 g/mol. The van der Waals surface area contributed by atoms with Crippen LogP contribution in [0.5, 0.6) is 11.6 Å². The fraction of sp³-hybridized carbons (Fsp3) is 0.308. The van der Waals surface area contributed by atoms with Crippen LogP contribution in [0.1, 0.15) is 19.0 Å². The summed E-state index contributed by atoms with van der Waals surface area (Å²) in [6.45, 7) is 1.95. The molecule has 20 heavy (non-hydrogen) atoms. The third kappa shape index (κ3) is 2.98. The van der Waals surface area contributed by atoms with Crippen molar-refractivity contribution in [3.8, 4) is 11.6 Å². The number of aromatic nitrogens is 2. The summed E-state index contributed by atoms with van der Waals surface area (Å²) in [5.41, 5.74) is 0.388. The molecule has 0 unspecified atom stereocenters. The van der Waals surface area contributed by atoms with E-state index in [1.54, 1.807) is 25.2 Å². The largest absolute Gasteiger partial charge is 0.434 e. The summed E-state index contributed by atoms with van der Waals surface area (Å²) in [6.07, 6.45) is 1.33. The summed E-state index contributed by atoms with van der Waals surface area (Å²) in [6, 6.07) is 7.14. The van der Waals surface area contributed by atoms with Gasteiger partial charge in [0.2, 0.25) is 0 Å². The molecule has 0 aliphatic rings. The second-order valence-electron chi connectivity index (χ2n) is 4.29. The standard InChI is InChI=1S/C13H14BrN3O3/c1-3-5-11-12(17(18)19)13(16(2)15-11)20-10-7-4-6-9(14)8-10/h4,6-8H,3,5H2,1-2H3. The lowest BCUT2D eigenvalue weighted by atomic mass is 10.2. The van der Waals surface area contributed by atoms with Crippen molar-refractivity contribution < 1.29 is 9.66 Å². The van der Waals surface area contributed by atoms with Crippen molar-refractivity contribution in [1.82, 2.24) is 9.78 Å². The van der Waals surface area contributed by atoms with E-state index < -0.39 is 4.92 Å². The molecule has 0 spiro atoms. The van der Waals surface area contributed by atoms with Gasteiger partial charge in [-0.15, -0.1) is 0 Å². The molecular formula is C13H14BrN3O3. The molecule has 0 atom stereocenters. The van der Waals surface area contributed by atoms with Crippen LogP contribution in [0.2, 0.25) is 0 Å². The molecule has 7 heteroatoms. The van der Waals surface area contributed by atoms with Crippen molar-refractivity contribution in [2.24, 2.45) is 7.05 Å². The molecule has 0 saturated carbocycles. The van der Waals surface area contributed by atoms with E-state index in [0.717, 1.165) is 10.9 Å². The maximum Gasteiger partial charge on any atom is 0.353 e. The highest BCUT2D eigenvalue weighted by molar-refractivity contribution is 9.10. The predicted octanol–water partition coefficient (Wildman–Crippen LogP) is 3.84. The predicted molar refractivity (Wildman–Crippen MR) is 78.1 cm³/mol. The first-order valence-electron chi connectivity index (χ1n) is 6.16. The fourth-order valence-corrected chi connectivity index (χ4v) is 2.27. The highest BCUT2D eigenvalue weighted by atomic mass is 79.9. The SMILES string of the molecule is CCCc1nn(C)c(Oc2cccc(Br)c2)c1[N+](=O)[O-]. The van der Waals surface area contributed by atoms with Crippen LogP contribution in [0.3, 0.4) is 0 Å². The number of hydrogen-bond donors (Lipinski definition) is 0. The Morgan fingerprint density at radius 2 is 2.25 bits per heavy atom. The Kier molecular flexibility index (Phi) is 4.39. The van der Waals surface area contributed by atoms with Crippen molar-refractivity contribution in [2.75, 3.05) is 0 Å². The zero-order chi connectivity index (χ0) is 14.7. The van der Waals surface area contributed by atoms with E-state index in [-0.39, 0.29) is 11.6 Å². The van der Waals surface area contributed by atoms with Crippen LogP contribution in [0.15, 0.2) is 28.7 Å². The Bertz CT molecular complexity index is 640. The first-order valence-corrected chi connectivity index (χ1v) is 6.96. The van der Waals surface area contributed by atoms with Crippen LogP contribution in [0.4, 0.5) is 5.69 Å². The number of rotatable bonds is 5. The van der Waals surface area contributed by atoms with Gasteiger partial charge in [0.25, 0.3) is 5.88 Å². The molecule has 6 nitrogen and oxygen atoms in total. The highest BCUT2D eigenvalue weighted by Gasteiger charge is 2.28. The summed E-state index contributed by atoms with van der Waals surface area (Å²) in [4.78, 5) is 10.8. The Labute approximate surface area is 124 Å². The Morgan fingerprint density at radius 3 is 2.85 bits per heavy atom. The van der Waals surface area contributed by atoms with E-state index in [2.05, 4.69) is 21.0 Å². The van der Waals surface area contributed by atoms with Gasteiger partial charge in [0.15, 0.2) is 0 Å². The van der Waals surface area contributed by atoms with Gasteiger partial charge in [0, 0.05) is 11.5 Å². The molecule has 0 bridgehead atoms. The van der Waals surface area contributed by atoms with Crippen LogP contribution in [-0.2, 0) is 13.5 Å². The monoisotopic (exact) mass is 339 g/mol. The van der Waals surface area contributed by atoms with Crippen LogP contribution in [0, 0.1) is 10.1 Å². The topological polar surface area (TPSA) is 70.2 Å². The normalized spacial score (nSPS) is 10.6.